The Labute approximate surface area is 162 Å². The zero-order valence-electron chi connectivity index (χ0n) is 17.1. The number of carbonyl (C=O) groups is 2. The third-order valence-corrected chi connectivity index (χ3v) is 4.53. The molecule has 1 aromatic rings. The Kier molecular flexibility index (Phi) is 7.11. The summed E-state index contributed by atoms with van der Waals surface area (Å²) in [5.41, 5.74) is 0.242. The average Bonchev–Trinajstić information content (AvgIpc) is 2.63. The van der Waals surface area contributed by atoms with E-state index in [1.165, 1.54) is 0 Å². The van der Waals surface area contributed by atoms with E-state index in [2.05, 4.69) is 5.32 Å². The summed E-state index contributed by atoms with van der Waals surface area (Å²) in [6, 6.07) is 5.40. The number of benzene rings is 1. The number of nitrogens with one attached hydrogen (secondary N) is 1. The molecule has 1 N–H and O–H groups in total. The molecule has 1 aliphatic rings. The van der Waals surface area contributed by atoms with Gasteiger partial charge in [-0.05, 0) is 38.8 Å². The van der Waals surface area contributed by atoms with Crippen LogP contribution in [0.15, 0.2) is 18.2 Å². The van der Waals surface area contributed by atoms with Gasteiger partial charge in [0.1, 0.15) is 0 Å². The predicted octanol–water partition coefficient (Wildman–Crippen LogP) is 3.71. The van der Waals surface area contributed by atoms with Crippen molar-refractivity contribution in [3.8, 4) is 11.5 Å². The van der Waals surface area contributed by atoms with Crippen molar-refractivity contribution in [3.63, 3.8) is 0 Å². The molecule has 27 heavy (non-hydrogen) atoms. The zero-order chi connectivity index (χ0) is 20.0. The summed E-state index contributed by atoms with van der Waals surface area (Å²) in [6.07, 6.45) is 1.63. The van der Waals surface area contributed by atoms with Gasteiger partial charge in [-0.1, -0.05) is 20.8 Å². The van der Waals surface area contributed by atoms with Crippen LogP contribution in [0.3, 0.4) is 0 Å². The van der Waals surface area contributed by atoms with Crippen molar-refractivity contribution in [2.75, 3.05) is 31.6 Å². The van der Waals surface area contributed by atoms with Gasteiger partial charge in [0.25, 0.3) is 0 Å². The minimum atomic E-state index is -0.431. The third kappa shape index (κ3) is 5.62. The minimum absolute atomic E-state index is 0.0620. The Balaban J connectivity index is 2.05. The van der Waals surface area contributed by atoms with E-state index in [1.807, 2.05) is 45.6 Å². The number of carbonyl (C=O) groups excluding carboxylic acids is 2. The van der Waals surface area contributed by atoms with Gasteiger partial charge in [-0.15, -0.1) is 0 Å². The minimum Gasteiger partial charge on any atom is -0.490 e. The third-order valence-electron chi connectivity index (χ3n) is 4.53. The van der Waals surface area contributed by atoms with Crippen molar-refractivity contribution >= 4 is 17.5 Å². The SMILES string of the molecule is CCOc1ccc(NC(=O)C2CCCN(C(=O)C(C)(C)C)C2)cc1OCC. The number of amides is 2. The lowest BCUT2D eigenvalue weighted by Crippen LogP contribution is -2.47. The van der Waals surface area contributed by atoms with E-state index in [1.54, 1.807) is 12.1 Å². The standard InChI is InChI=1S/C21H32N2O4/c1-6-26-17-11-10-16(13-18(17)27-7-2)22-19(24)15-9-8-12-23(14-15)20(25)21(3,4)5/h10-11,13,15H,6-9,12,14H2,1-5H3,(H,22,24). The van der Waals surface area contributed by atoms with E-state index in [0.717, 1.165) is 19.4 Å². The van der Waals surface area contributed by atoms with Crippen molar-refractivity contribution < 1.29 is 19.1 Å². The molecule has 0 aromatic heterocycles. The van der Waals surface area contributed by atoms with Crippen LogP contribution in [-0.2, 0) is 9.59 Å². The highest BCUT2D eigenvalue weighted by Gasteiger charge is 2.33. The second-order valence-electron chi connectivity index (χ2n) is 7.86. The van der Waals surface area contributed by atoms with Gasteiger partial charge in [-0.2, -0.15) is 0 Å². The fraction of sp³-hybridized carbons (Fsp3) is 0.619. The summed E-state index contributed by atoms with van der Waals surface area (Å²) in [5, 5.41) is 2.97. The van der Waals surface area contributed by atoms with E-state index in [4.69, 9.17) is 9.47 Å². The van der Waals surface area contributed by atoms with Crippen molar-refractivity contribution in [2.45, 2.75) is 47.5 Å². The van der Waals surface area contributed by atoms with Gasteiger partial charge in [0.15, 0.2) is 11.5 Å². The maximum Gasteiger partial charge on any atom is 0.229 e. The first-order valence-corrected chi connectivity index (χ1v) is 9.76. The molecule has 0 aliphatic carbocycles. The second kappa shape index (κ2) is 9.11. The zero-order valence-corrected chi connectivity index (χ0v) is 17.1. The summed E-state index contributed by atoms with van der Waals surface area (Å²) >= 11 is 0. The molecule has 0 radical (unpaired) electrons. The number of rotatable bonds is 6. The predicted molar refractivity (Wildman–Crippen MR) is 106 cm³/mol. The van der Waals surface area contributed by atoms with E-state index in [9.17, 15) is 9.59 Å². The molecular formula is C21H32N2O4. The highest BCUT2D eigenvalue weighted by Crippen LogP contribution is 2.31. The molecule has 2 amide bonds. The number of likely N-dealkylation sites (tertiary alicyclic amines) is 1. The molecule has 1 aliphatic heterocycles. The summed E-state index contributed by atoms with van der Waals surface area (Å²) in [4.78, 5) is 27.1. The van der Waals surface area contributed by atoms with Crippen LogP contribution in [0.5, 0.6) is 11.5 Å². The van der Waals surface area contributed by atoms with Gasteiger partial charge in [-0.3, -0.25) is 9.59 Å². The van der Waals surface area contributed by atoms with Gasteiger partial charge in [0.2, 0.25) is 11.8 Å². The Morgan fingerprint density at radius 3 is 2.44 bits per heavy atom. The largest absolute Gasteiger partial charge is 0.490 e. The Morgan fingerprint density at radius 2 is 1.81 bits per heavy atom. The molecule has 1 unspecified atom stereocenters. The van der Waals surface area contributed by atoms with Crippen LogP contribution in [0.4, 0.5) is 5.69 Å². The highest BCUT2D eigenvalue weighted by atomic mass is 16.5. The van der Waals surface area contributed by atoms with Gasteiger partial charge < -0.3 is 19.7 Å². The molecule has 1 heterocycles. The molecule has 6 heteroatoms. The van der Waals surface area contributed by atoms with Crippen LogP contribution in [0.25, 0.3) is 0 Å². The van der Waals surface area contributed by atoms with Crippen LogP contribution in [-0.4, -0.2) is 43.0 Å². The molecule has 1 atom stereocenters. The molecule has 2 rings (SSSR count). The second-order valence-corrected chi connectivity index (χ2v) is 7.86. The monoisotopic (exact) mass is 376 g/mol. The number of hydrogen-bond acceptors (Lipinski definition) is 4. The quantitative estimate of drug-likeness (QED) is 0.822. The fourth-order valence-corrected chi connectivity index (χ4v) is 3.22. The summed E-state index contributed by atoms with van der Waals surface area (Å²) in [6.45, 7) is 11.8. The number of ether oxygens (including phenoxy) is 2. The first-order chi connectivity index (χ1) is 12.8. The van der Waals surface area contributed by atoms with Crippen LogP contribution < -0.4 is 14.8 Å². The number of hydrogen-bond donors (Lipinski definition) is 1. The normalized spacial score (nSPS) is 17.4. The first kappa shape index (κ1) is 21.1. The van der Waals surface area contributed by atoms with Crippen molar-refractivity contribution in [2.24, 2.45) is 11.3 Å². The van der Waals surface area contributed by atoms with Crippen LogP contribution in [0.2, 0.25) is 0 Å². The first-order valence-electron chi connectivity index (χ1n) is 9.76. The van der Waals surface area contributed by atoms with Gasteiger partial charge in [0, 0.05) is 30.3 Å². The number of piperidine rings is 1. The summed E-state index contributed by atoms with van der Waals surface area (Å²) < 4.78 is 11.2. The lowest BCUT2D eigenvalue weighted by Gasteiger charge is -2.35. The molecule has 1 saturated heterocycles. The van der Waals surface area contributed by atoms with Crippen LogP contribution >= 0.6 is 0 Å². The maximum absolute atomic E-state index is 12.7. The molecule has 1 aromatic carbocycles. The van der Waals surface area contributed by atoms with Gasteiger partial charge >= 0.3 is 0 Å². The number of nitrogens with zero attached hydrogens (tertiary/aromatic N) is 1. The summed E-state index contributed by atoms with van der Waals surface area (Å²) in [5.74, 6) is 1.11. The van der Waals surface area contributed by atoms with Gasteiger partial charge in [-0.25, -0.2) is 0 Å². The molecule has 0 bridgehead atoms. The van der Waals surface area contributed by atoms with E-state index in [-0.39, 0.29) is 17.7 Å². The molecule has 150 valence electrons. The Bertz CT molecular complexity index is 667. The molecule has 6 nitrogen and oxygen atoms in total. The van der Waals surface area contributed by atoms with Gasteiger partial charge in [0.05, 0.1) is 19.1 Å². The molecule has 0 spiro atoms. The Hall–Kier alpha value is -2.24. The topological polar surface area (TPSA) is 67.9 Å². The Morgan fingerprint density at radius 1 is 1.15 bits per heavy atom. The fourth-order valence-electron chi connectivity index (χ4n) is 3.22. The maximum atomic E-state index is 12.7. The van der Waals surface area contributed by atoms with Crippen LogP contribution in [0, 0.1) is 11.3 Å². The van der Waals surface area contributed by atoms with Crippen molar-refractivity contribution in [1.29, 1.82) is 0 Å². The van der Waals surface area contributed by atoms with E-state index in [0.29, 0.717) is 36.9 Å². The highest BCUT2D eigenvalue weighted by molar-refractivity contribution is 5.93. The molecular weight excluding hydrogens is 344 g/mol. The smallest absolute Gasteiger partial charge is 0.229 e. The van der Waals surface area contributed by atoms with Crippen LogP contribution in [0.1, 0.15) is 47.5 Å². The van der Waals surface area contributed by atoms with Crippen molar-refractivity contribution in [1.82, 2.24) is 4.90 Å². The van der Waals surface area contributed by atoms with E-state index >= 15 is 0 Å². The lowest BCUT2D eigenvalue weighted by atomic mass is 9.91. The lowest BCUT2D eigenvalue weighted by molar-refractivity contribution is -0.142. The molecule has 0 saturated carbocycles. The molecule has 1 fully saturated rings. The summed E-state index contributed by atoms with van der Waals surface area (Å²) in [7, 11) is 0. The average molecular weight is 376 g/mol. The van der Waals surface area contributed by atoms with E-state index < -0.39 is 5.41 Å². The number of anilines is 1. The van der Waals surface area contributed by atoms with Crippen molar-refractivity contribution in [3.05, 3.63) is 18.2 Å².